The molecule has 8 heteroatoms. The molecule has 1 aliphatic heterocycles. The lowest BCUT2D eigenvalue weighted by molar-refractivity contribution is 0.122. The van der Waals surface area contributed by atoms with E-state index in [0.29, 0.717) is 13.2 Å². The van der Waals surface area contributed by atoms with Gasteiger partial charge in [0.2, 0.25) is 10.0 Å². The van der Waals surface area contributed by atoms with E-state index in [9.17, 15) is 8.42 Å². The minimum atomic E-state index is -3.52. The molecular formula is C14H22BrClN2O3S. The molecule has 1 aromatic carbocycles. The van der Waals surface area contributed by atoms with Gasteiger partial charge in [-0.3, -0.25) is 0 Å². The minimum Gasteiger partial charge on any atom is -0.383 e. The molecule has 1 fully saturated rings. The highest BCUT2D eigenvalue weighted by Gasteiger charge is 2.34. The second-order valence-electron chi connectivity index (χ2n) is 5.48. The van der Waals surface area contributed by atoms with Crippen LogP contribution in [0.3, 0.4) is 0 Å². The molecule has 0 amide bonds. The largest absolute Gasteiger partial charge is 0.383 e. The highest BCUT2D eigenvalue weighted by Crippen LogP contribution is 2.22. The fourth-order valence-electron chi connectivity index (χ4n) is 2.53. The molecule has 2 rings (SSSR count). The first-order valence-corrected chi connectivity index (χ1v) is 9.16. The van der Waals surface area contributed by atoms with E-state index in [2.05, 4.69) is 26.0 Å². The third kappa shape index (κ3) is 4.66. The zero-order chi connectivity index (χ0) is 15.5. The Balaban J connectivity index is 0.00000242. The number of hydrogen-bond donors (Lipinski definition) is 2. The normalized spacial score (nSPS) is 21.6. The molecule has 126 valence electrons. The molecule has 0 bridgehead atoms. The van der Waals surface area contributed by atoms with Crippen molar-refractivity contribution in [3.8, 4) is 0 Å². The Kier molecular flexibility index (Phi) is 7.29. The Morgan fingerprint density at radius 1 is 1.45 bits per heavy atom. The van der Waals surface area contributed by atoms with Gasteiger partial charge in [0.25, 0.3) is 0 Å². The van der Waals surface area contributed by atoms with Crippen LogP contribution < -0.4 is 10.0 Å². The monoisotopic (exact) mass is 412 g/mol. The lowest BCUT2D eigenvalue weighted by atomic mass is 9.99. The summed E-state index contributed by atoms with van der Waals surface area (Å²) in [7, 11) is -1.89. The van der Waals surface area contributed by atoms with Gasteiger partial charge in [-0.15, -0.1) is 12.4 Å². The smallest absolute Gasteiger partial charge is 0.240 e. The van der Waals surface area contributed by atoms with E-state index in [-0.39, 0.29) is 22.8 Å². The lowest BCUT2D eigenvalue weighted by Crippen LogP contribution is -2.52. The van der Waals surface area contributed by atoms with Crippen molar-refractivity contribution in [2.75, 3.05) is 26.8 Å². The number of benzene rings is 1. The molecule has 2 N–H and O–H groups in total. The van der Waals surface area contributed by atoms with Crippen LogP contribution in [0.2, 0.25) is 0 Å². The molecule has 5 nitrogen and oxygen atoms in total. The van der Waals surface area contributed by atoms with Crippen LogP contribution >= 0.6 is 28.3 Å². The van der Waals surface area contributed by atoms with E-state index >= 15 is 0 Å². The molecule has 1 aromatic rings. The summed E-state index contributed by atoms with van der Waals surface area (Å²) in [5.41, 5.74) is 0.700. The lowest BCUT2D eigenvalue weighted by Gasteiger charge is -2.28. The minimum absolute atomic E-state index is 0. The van der Waals surface area contributed by atoms with Gasteiger partial charge in [-0.2, -0.15) is 0 Å². The average molecular weight is 414 g/mol. The molecule has 0 saturated carbocycles. The van der Waals surface area contributed by atoms with Gasteiger partial charge in [0.05, 0.1) is 17.0 Å². The van der Waals surface area contributed by atoms with E-state index in [0.717, 1.165) is 29.4 Å². The van der Waals surface area contributed by atoms with Crippen LogP contribution in [0.15, 0.2) is 27.6 Å². The number of ether oxygens (including phenoxy) is 1. The first-order chi connectivity index (χ1) is 9.88. The molecule has 0 aromatic heterocycles. The van der Waals surface area contributed by atoms with Gasteiger partial charge < -0.3 is 10.1 Å². The highest BCUT2D eigenvalue weighted by atomic mass is 79.9. The first kappa shape index (κ1) is 19.9. The Morgan fingerprint density at radius 3 is 2.73 bits per heavy atom. The van der Waals surface area contributed by atoms with Crippen molar-refractivity contribution in [3.63, 3.8) is 0 Å². The van der Waals surface area contributed by atoms with Crippen LogP contribution in [0.4, 0.5) is 0 Å². The Morgan fingerprint density at radius 2 is 2.18 bits per heavy atom. The summed E-state index contributed by atoms with van der Waals surface area (Å²) in [6, 6.07) is 5.04. The molecule has 1 saturated heterocycles. The Bertz CT molecular complexity index is 604. The summed E-state index contributed by atoms with van der Waals surface area (Å²) >= 11 is 3.37. The number of methoxy groups -OCH3 is 1. The highest BCUT2D eigenvalue weighted by molar-refractivity contribution is 9.10. The second kappa shape index (κ2) is 8.08. The number of nitrogens with one attached hydrogen (secondary N) is 2. The van der Waals surface area contributed by atoms with Crippen molar-refractivity contribution in [2.24, 2.45) is 0 Å². The van der Waals surface area contributed by atoms with Crippen LogP contribution in [0.5, 0.6) is 0 Å². The Labute approximate surface area is 146 Å². The van der Waals surface area contributed by atoms with Gasteiger partial charge in [0, 0.05) is 18.1 Å². The van der Waals surface area contributed by atoms with Crippen molar-refractivity contribution < 1.29 is 13.2 Å². The molecule has 1 atom stereocenters. The van der Waals surface area contributed by atoms with Crippen molar-refractivity contribution >= 4 is 38.4 Å². The summed E-state index contributed by atoms with van der Waals surface area (Å²) in [5, 5.41) is 3.35. The number of halogens is 2. The van der Waals surface area contributed by atoms with Gasteiger partial charge in [0.15, 0.2) is 0 Å². The predicted octanol–water partition coefficient (Wildman–Crippen LogP) is 2.23. The molecule has 0 radical (unpaired) electrons. The van der Waals surface area contributed by atoms with E-state index in [1.807, 2.05) is 6.92 Å². The van der Waals surface area contributed by atoms with Crippen LogP contribution in [-0.2, 0) is 14.8 Å². The van der Waals surface area contributed by atoms with Crippen LogP contribution in [0, 0.1) is 6.92 Å². The third-order valence-electron chi connectivity index (χ3n) is 3.81. The van der Waals surface area contributed by atoms with E-state index in [1.165, 1.54) is 0 Å². The van der Waals surface area contributed by atoms with E-state index < -0.39 is 10.0 Å². The molecule has 1 unspecified atom stereocenters. The quantitative estimate of drug-likeness (QED) is 0.750. The molecule has 1 aliphatic rings. The Hall–Kier alpha value is -0.180. The summed E-state index contributed by atoms with van der Waals surface area (Å²) in [6.45, 7) is 3.63. The van der Waals surface area contributed by atoms with Crippen LogP contribution in [0.25, 0.3) is 0 Å². The zero-order valence-electron chi connectivity index (χ0n) is 12.7. The molecule has 22 heavy (non-hydrogen) atoms. The second-order valence-corrected chi connectivity index (χ2v) is 8.10. The maximum atomic E-state index is 12.4. The molecule has 1 heterocycles. The van der Waals surface area contributed by atoms with Gasteiger partial charge in [-0.1, -0.05) is 22.0 Å². The SMILES string of the molecule is COCC1(CNS(=O)(=O)c2ccc(C)c(Br)c2)CCCN1.Cl. The van der Waals surface area contributed by atoms with Crippen molar-refractivity contribution in [1.29, 1.82) is 0 Å². The van der Waals surface area contributed by atoms with Gasteiger partial charge in [-0.05, 0) is 44.0 Å². The zero-order valence-corrected chi connectivity index (χ0v) is 15.9. The number of hydrogen-bond acceptors (Lipinski definition) is 4. The summed E-state index contributed by atoms with van der Waals surface area (Å²) in [5.74, 6) is 0. The maximum Gasteiger partial charge on any atom is 0.240 e. The summed E-state index contributed by atoms with van der Waals surface area (Å²) < 4.78 is 33.5. The topological polar surface area (TPSA) is 67.4 Å². The van der Waals surface area contributed by atoms with Crippen molar-refractivity contribution in [3.05, 3.63) is 28.2 Å². The molecule has 0 aliphatic carbocycles. The first-order valence-electron chi connectivity index (χ1n) is 6.88. The van der Waals surface area contributed by atoms with Gasteiger partial charge in [-0.25, -0.2) is 13.1 Å². The van der Waals surface area contributed by atoms with Gasteiger partial charge >= 0.3 is 0 Å². The van der Waals surface area contributed by atoms with Crippen LogP contribution in [-0.4, -0.2) is 40.8 Å². The van der Waals surface area contributed by atoms with Gasteiger partial charge in [0.1, 0.15) is 0 Å². The predicted molar refractivity (Wildman–Crippen MR) is 93.2 cm³/mol. The summed E-state index contributed by atoms with van der Waals surface area (Å²) in [4.78, 5) is 0.269. The number of rotatable bonds is 6. The maximum absolute atomic E-state index is 12.4. The standard InChI is InChI=1S/C14H21BrN2O3S.ClH/c1-11-4-5-12(8-13(11)15)21(18,19)17-9-14(10-20-2)6-3-7-16-14;/h4-5,8,16-17H,3,6-7,9-10H2,1-2H3;1H. The van der Waals surface area contributed by atoms with Crippen molar-refractivity contribution in [1.82, 2.24) is 10.0 Å². The van der Waals surface area contributed by atoms with Crippen molar-refractivity contribution in [2.45, 2.75) is 30.2 Å². The molecule has 0 spiro atoms. The fourth-order valence-corrected chi connectivity index (χ4v) is 4.21. The fraction of sp³-hybridized carbons (Fsp3) is 0.571. The summed E-state index contributed by atoms with van der Waals surface area (Å²) in [6.07, 6.45) is 1.93. The average Bonchev–Trinajstić information content (AvgIpc) is 2.89. The third-order valence-corrected chi connectivity index (χ3v) is 6.06. The van der Waals surface area contributed by atoms with Crippen LogP contribution in [0.1, 0.15) is 18.4 Å². The van der Waals surface area contributed by atoms with E-state index in [4.69, 9.17) is 4.74 Å². The molecular weight excluding hydrogens is 392 g/mol. The number of sulfonamides is 1. The number of aryl methyl sites for hydroxylation is 1. The van der Waals surface area contributed by atoms with E-state index in [1.54, 1.807) is 25.3 Å².